The summed E-state index contributed by atoms with van der Waals surface area (Å²) in [5.41, 5.74) is 0. The number of nitrogens with one attached hydrogen (secondary N) is 2. The zero-order valence-corrected chi connectivity index (χ0v) is 9.77. The molecule has 1 fully saturated rings. The number of hydrogen-bond donors (Lipinski definition) is 3. The molecular formula is C10H19N5O. The number of aliphatic hydroxyl groups excluding tert-OH is 1. The molecule has 1 aromatic rings. The Morgan fingerprint density at radius 2 is 2.31 bits per heavy atom. The van der Waals surface area contributed by atoms with Crippen molar-refractivity contribution in [2.75, 3.05) is 18.4 Å². The van der Waals surface area contributed by atoms with E-state index in [0.29, 0.717) is 13.0 Å². The van der Waals surface area contributed by atoms with Gasteiger partial charge in [0.25, 0.3) is 0 Å². The molecule has 1 aromatic heterocycles. The van der Waals surface area contributed by atoms with Crippen LogP contribution in [0.5, 0.6) is 0 Å². The lowest BCUT2D eigenvalue weighted by molar-refractivity contribution is 0.192. The molecule has 0 spiro atoms. The summed E-state index contributed by atoms with van der Waals surface area (Å²) in [6.07, 6.45) is 0.444. The molecule has 0 saturated carbocycles. The minimum atomic E-state index is -0.269. The van der Waals surface area contributed by atoms with E-state index in [1.165, 1.54) is 0 Å². The first-order chi connectivity index (χ1) is 7.76. The van der Waals surface area contributed by atoms with E-state index < -0.39 is 0 Å². The topological polar surface area (TPSA) is 75.0 Å². The zero-order chi connectivity index (χ0) is 11.5. The van der Waals surface area contributed by atoms with Crippen molar-refractivity contribution >= 4 is 5.95 Å². The maximum Gasteiger partial charge on any atom is 0.224 e. The van der Waals surface area contributed by atoms with E-state index >= 15 is 0 Å². The van der Waals surface area contributed by atoms with Crippen LogP contribution in [0.25, 0.3) is 0 Å². The summed E-state index contributed by atoms with van der Waals surface area (Å²) < 4.78 is 2.05. The third kappa shape index (κ3) is 2.03. The smallest absolute Gasteiger partial charge is 0.224 e. The lowest BCUT2D eigenvalue weighted by Gasteiger charge is -2.12. The zero-order valence-electron chi connectivity index (χ0n) is 9.77. The molecule has 1 aliphatic heterocycles. The van der Waals surface area contributed by atoms with E-state index in [2.05, 4.69) is 32.3 Å². The van der Waals surface area contributed by atoms with E-state index in [1.807, 2.05) is 6.92 Å². The molecule has 0 unspecified atom stereocenters. The van der Waals surface area contributed by atoms with Gasteiger partial charge in [0.1, 0.15) is 0 Å². The van der Waals surface area contributed by atoms with Gasteiger partial charge in [-0.2, -0.15) is 0 Å². The maximum atomic E-state index is 9.50. The van der Waals surface area contributed by atoms with Crippen LogP contribution in [-0.4, -0.2) is 39.1 Å². The molecule has 6 heteroatoms. The monoisotopic (exact) mass is 225 g/mol. The second-order valence-corrected chi connectivity index (χ2v) is 4.01. The summed E-state index contributed by atoms with van der Waals surface area (Å²) >= 11 is 0. The van der Waals surface area contributed by atoms with Gasteiger partial charge in [-0.1, -0.05) is 0 Å². The number of aromatic nitrogens is 3. The average molecular weight is 225 g/mol. The largest absolute Gasteiger partial charge is 0.392 e. The molecular weight excluding hydrogens is 206 g/mol. The van der Waals surface area contributed by atoms with Gasteiger partial charge < -0.3 is 15.7 Å². The van der Waals surface area contributed by atoms with Crippen LogP contribution in [0.3, 0.4) is 0 Å². The molecule has 3 N–H and O–H groups in total. The SMILES string of the molecule is CCNc1nnc([C@@H]2C[C@H](O)CN2)n1CC. The van der Waals surface area contributed by atoms with Crippen molar-refractivity contribution in [1.82, 2.24) is 20.1 Å². The van der Waals surface area contributed by atoms with Crippen molar-refractivity contribution in [3.8, 4) is 0 Å². The summed E-state index contributed by atoms with van der Waals surface area (Å²) in [5.74, 6) is 1.72. The van der Waals surface area contributed by atoms with E-state index in [1.54, 1.807) is 0 Å². The van der Waals surface area contributed by atoms with Crippen LogP contribution in [0.2, 0.25) is 0 Å². The summed E-state index contributed by atoms with van der Waals surface area (Å²) in [7, 11) is 0. The van der Waals surface area contributed by atoms with E-state index in [4.69, 9.17) is 0 Å². The van der Waals surface area contributed by atoms with Gasteiger partial charge in [0, 0.05) is 19.6 Å². The molecule has 2 rings (SSSR count). The third-order valence-electron chi connectivity index (χ3n) is 2.85. The number of rotatable bonds is 4. The van der Waals surface area contributed by atoms with Crippen LogP contribution in [0.1, 0.15) is 32.1 Å². The Kier molecular flexibility index (Phi) is 3.40. The Morgan fingerprint density at radius 3 is 2.88 bits per heavy atom. The first-order valence-corrected chi connectivity index (χ1v) is 5.84. The Hall–Kier alpha value is -1.14. The van der Waals surface area contributed by atoms with Crippen LogP contribution < -0.4 is 10.6 Å². The van der Waals surface area contributed by atoms with E-state index in [0.717, 1.165) is 24.9 Å². The van der Waals surface area contributed by atoms with E-state index in [9.17, 15) is 5.11 Å². The number of anilines is 1. The van der Waals surface area contributed by atoms with Crippen molar-refractivity contribution in [2.45, 2.75) is 39.0 Å². The highest BCUT2D eigenvalue weighted by Crippen LogP contribution is 2.23. The van der Waals surface area contributed by atoms with Gasteiger partial charge in [-0.15, -0.1) is 10.2 Å². The van der Waals surface area contributed by atoms with Gasteiger partial charge in [0.15, 0.2) is 5.82 Å². The number of aliphatic hydroxyl groups is 1. The standard InChI is InChI=1S/C10H19N5O/c1-3-11-10-14-13-9(15(10)4-2)8-5-7(16)6-12-8/h7-8,12,16H,3-6H2,1-2H3,(H,11,14)/t7-,8-/m0/s1. The highest BCUT2D eigenvalue weighted by Gasteiger charge is 2.28. The molecule has 0 aliphatic carbocycles. The highest BCUT2D eigenvalue weighted by atomic mass is 16.3. The Morgan fingerprint density at radius 1 is 1.50 bits per heavy atom. The van der Waals surface area contributed by atoms with E-state index in [-0.39, 0.29) is 12.1 Å². The van der Waals surface area contributed by atoms with Gasteiger partial charge in [-0.3, -0.25) is 4.57 Å². The molecule has 6 nitrogen and oxygen atoms in total. The first kappa shape index (κ1) is 11.3. The Balaban J connectivity index is 2.20. The summed E-state index contributed by atoms with van der Waals surface area (Å²) in [6, 6.07) is 0.120. The van der Waals surface area contributed by atoms with Crippen LogP contribution in [0.4, 0.5) is 5.95 Å². The molecule has 16 heavy (non-hydrogen) atoms. The first-order valence-electron chi connectivity index (χ1n) is 5.84. The fourth-order valence-electron chi connectivity index (χ4n) is 2.09. The normalized spacial score (nSPS) is 24.9. The summed E-state index contributed by atoms with van der Waals surface area (Å²) in [4.78, 5) is 0. The average Bonchev–Trinajstić information content (AvgIpc) is 2.85. The van der Waals surface area contributed by atoms with Gasteiger partial charge in [-0.05, 0) is 20.3 Å². The Bertz CT molecular complexity index is 351. The number of hydrogen-bond acceptors (Lipinski definition) is 5. The number of β-amino-alcohol motifs (C(OH)–C–C–N with tert-alkyl or cyclic N) is 1. The van der Waals surface area contributed by atoms with Crippen molar-refractivity contribution in [3.05, 3.63) is 5.82 Å². The van der Waals surface area contributed by atoms with Crippen molar-refractivity contribution < 1.29 is 5.11 Å². The highest BCUT2D eigenvalue weighted by molar-refractivity contribution is 5.26. The third-order valence-corrected chi connectivity index (χ3v) is 2.85. The molecule has 1 aliphatic rings. The molecule has 2 atom stereocenters. The summed E-state index contributed by atoms with van der Waals surface area (Å²) in [6.45, 7) is 6.40. The quantitative estimate of drug-likeness (QED) is 0.679. The predicted octanol–water partition coefficient (Wildman–Crippen LogP) is 0.125. The van der Waals surface area contributed by atoms with Crippen molar-refractivity contribution in [2.24, 2.45) is 0 Å². The lowest BCUT2D eigenvalue weighted by atomic mass is 10.2. The maximum absolute atomic E-state index is 9.50. The van der Waals surface area contributed by atoms with Gasteiger partial charge in [0.05, 0.1) is 12.1 Å². The van der Waals surface area contributed by atoms with Crippen LogP contribution in [-0.2, 0) is 6.54 Å². The Labute approximate surface area is 95.1 Å². The van der Waals surface area contributed by atoms with Crippen molar-refractivity contribution in [3.63, 3.8) is 0 Å². The predicted molar refractivity (Wildman–Crippen MR) is 61.2 cm³/mol. The van der Waals surface area contributed by atoms with Gasteiger partial charge in [-0.25, -0.2) is 0 Å². The second kappa shape index (κ2) is 4.80. The van der Waals surface area contributed by atoms with Crippen molar-refractivity contribution in [1.29, 1.82) is 0 Å². The lowest BCUT2D eigenvalue weighted by Crippen LogP contribution is -2.19. The van der Waals surface area contributed by atoms with Crippen LogP contribution in [0.15, 0.2) is 0 Å². The second-order valence-electron chi connectivity index (χ2n) is 4.01. The molecule has 0 aromatic carbocycles. The molecule has 1 saturated heterocycles. The molecule has 0 amide bonds. The minimum absolute atomic E-state index is 0.120. The van der Waals surface area contributed by atoms with Gasteiger partial charge in [0.2, 0.25) is 5.95 Å². The molecule has 0 bridgehead atoms. The molecule has 2 heterocycles. The van der Waals surface area contributed by atoms with Crippen LogP contribution >= 0.6 is 0 Å². The molecule has 90 valence electrons. The van der Waals surface area contributed by atoms with Crippen LogP contribution in [0, 0.1) is 0 Å². The minimum Gasteiger partial charge on any atom is -0.392 e. The number of nitrogens with zero attached hydrogens (tertiary/aromatic N) is 3. The van der Waals surface area contributed by atoms with Gasteiger partial charge >= 0.3 is 0 Å². The fraction of sp³-hybridized carbons (Fsp3) is 0.800. The summed E-state index contributed by atoms with van der Waals surface area (Å²) in [5, 5.41) is 24.3. The fourth-order valence-corrected chi connectivity index (χ4v) is 2.09. The molecule has 0 radical (unpaired) electrons.